The van der Waals surface area contributed by atoms with Gasteiger partial charge >= 0.3 is 0 Å². The van der Waals surface area contributed by atoms with E-state index in [4.69, 9.17) is 23.7 Å². The number of unbranched alkanes of at least 4 members (excludes halogenated alkanes) is 1. The Morgan fingerprint density at radius 3 is 1.37 bits per heavy atom. The summed E-state index contributed by atoms with van der Waals surface area (Å²) in [7, 11) is 8.61. The Hall–Kier alpha value is -0.400. The summed E-state index contributed by atoms with van der Waals surface area (Å²) in [6, 6.07) is 0.646. The van der Waals surface area contributed by atoms with Crippen molar-refractivity contribution in [3.63, 3.8) is 0 Å². The first-order valence-corrected chi connectivity index (χ1v) is 26.6. The molecular weight excluding hydrogens is 811 g/mol. The van der Waals surface area contributed by atoms with Crippen LogP contribution < -0.4 is 0 Å². The third-order valence-corrected chi connectivity index (χ3v) is 11.5. The van der Waals surface area contributed by atoms with Crippen LogP contribution in [0.25, 0.3) is 0 Å². The van der Waals surface area contributed by atoms with E-state index in [1.807, 2.05) is 0 Å². The second-order valence-corrected chi connectivity index (χ2v) is 24.4. The van der Waals surface area contributed by atoms with Gasteiger partial charge in [0, 0.05) is 38.9 Å². The normalized spacial score (nSPS) is 20.8. The van der Waals surface area contributed by atoms with Crippen molar-refractivity contribution in [2.24, 2.45) is 11.8 Å². The summed E-state index contributed by atoms with van der Waals surface area (Å²) >= 11 is 0. The van der Waals surface area contributed by atoms with Gasteiger partial charge in [-0.1, -0.05) is 27.2 Å². The zero-order valence-corrected chi connectivity index (χ0v) is 48.2. The molecule has 0 aliphatic carbocycles. The fourth-order valence-corrected chi connectivity index (χ4v) is 7.54. The van der Waals surface area contributed by atoms with Crippen molar-refractivity contribution < 1.29 is 23.7 Å². The number of hydrogen-bond donors (Lipinski definition) is 0. The van der Waals surface area contributed by atoms with Gasteiger partial charge in [-0.3, -0.25) is 0 Å². The van der Waals surface area contributed by atoms with E-state index in [-0.39, 0.29) is 28.0 Å². The van der Waals surface area contributed by atoms with Crippen LogP contribution in [0.2, 0.25) is 0 Å². The van der Waals surface area contributed by atoms with Crippen LogP contribution in [0, 0.1) is 11.8 Å². The number of ether oxygens (including phenoxy) is 5. The molecule has 10 heteroatoms. The zero-order chi connectivity index (χ0) is 50.3. The van der Waals surface area contributed by atoms with Crippen LogP contribution in [0.15, 0.2) is 0 Å². The van der Waals surface area contributed by atoms with E-state index >= 15 is 0 Å². The van der Waals surface area contributed by atoms with Gasteiger partial charge in [0.25, 0.3) is 0 Å². The summed E-state index contributed by atoms with van der Waals surface area (Å²) < 4.78 is 28.7. The van der Waals surface area contributed by atoms with Crippen molar-refractivity contribution in [3.8, 4) is 0 Å². The molecule has 3 heterocycles. The Morgan fingerprint density at radius 1 is 0.477 bits per heavy atom. The van der Waals surface area contributed by atoms with Gasteiger partial charge in [-0.05, 0) is 247 Å². The van der Waals surface area contributed by atoms with E-state index in [9.17, 15) is 0 Å². The van der Waals surface area contributed by atoms with E-state index in [1.165, 1.54) is 90.6 Å². The van der Waals surface area contributed by atoms with Crippen LogP contribution in [0.3, 0.4) is 0 Å². The molecule has 0 aromatic heterocycles. The molecule has 65 heavy (non-hydrogen) atoms. The molecule has 3 atom stereocenters. The minimum atomic E-state index is 0.0122. The maximum Gasteiger partial charge on any atom is 0.0628 e. The Balaban J connectivity index is 0. The molecule has 3 rings (SSSR count). The highest BCUT2D eigenvalue weighted by atomic mass is 16.5. The molecular formula is C55H119N5O5. The Morgan fingerprint density at radius 2 is 0.938 bits per heavy atom. The lowest BCUT2D eigenvalue weighted by molar-refractivity contribution is -0.0380. The largest absolute Gasteiger partial charge is 0.376 e. The molecule has 10 nitrogen and oxygen atoms in total. The summed E-state index contributed by atoms with van der Waals surface area (Å²) in [5.74, 6) is 1.50. The molecule has 0 N–H and O–H groups in total. The molecule has 3 fully saturated rings. The molecule has 3 saturated heterocycles. The lowest BCUT2D eigenvalue weighted by Gasteiger charge is -2.34. The first-order valence-electron chi connectivity index (χ1n) is 26.6. The van der Waals surface area contributed by atoms with Gasteiger partial charge in [0.2, 0.25) is 0 Å². The fraction of sp³-hybridized carbons (Fsp3) is 1.00. The minimum Gasteiger partial charge on any atom is -0.376 e. The smallest absolute Gasteiger partial charge is 0.0628 e. The minimum absolute atomic E-state index is 0.0122. The summed E-state index contributed by atoms with van der Waals surface area (Å²) in [6.45, 7) is 54.9. The lowest BCUT2D eigenvalue weighted by Crippen LogP contribution is -2.41. The molecule has 394 valence electrons. The highest BCUT2D eigenvalue weighted by Gasteiger charge is 2.23. The Bertz CT molecular complexity index is 1070. The van der Waals surface area contributed by atoms with Crippen LogP contribution in [0.4, 0.5) is 0 Å². The zero-order valence-electron chi connectivity index (χ0n) is 48.2. The third-order valence-electron chi connectivity index (χ3n) is 11.5. The first kappa shape index (κ1) is 66.7. The number of likely N-dealkylation sites (tertiary alicyclic amines) is 3. The van der Waals surface area contributed by atoms with Crippen LogP contribution in [-0.4, -0.2) is 185 Å². The molecule has 3 aliphatic rings. The predicted octanol–water partition coefficient (Wildman–Crippen LogP) is 11.6. The molecule has 3 aliphatic heterocycles. The molecule has 3 unspecified atom stereocenters. The quantitative estimate of drug-likeness (QED) is 0.124. The standard InChI is InChI=1S/C12H25NO.2C11H23NO.C11H25NO.C10H23NO/c1-5-13-8-6-7-11(9-13)10-14-12(2,3)4;1-11(2,3)13-9-10-6-5-7-12(4)8-10;1-11(2,3)13-9-10-7-5-6-8-12(10)4;1-6-12(7-2)9-8-10-13-11(3,4)5;1-10(2,3)12-9-7-6-8-11(4)5/h11H,5-10H2,1-4H3;2*10H,5-9H2,1-4H3;6-10H2,1-5H3;6-9H2,1-5H3. The second-order valence-electron chi connectivity index (χ2n) is 24.4. The van der Waals surface area contributed by atoms with Crippen molar-refractivity contribution >= 4 is 0 Å². The van der Waals surface area contributed by atoms with E-state index in [2.05, 4.69) is 177 Å². The van der Waals surface area contributed by atoms with Crippen molar-refractivity contribution in [2.75, 3.05) is 127 Å². The van der Waals surface area contributed by atoms with Crippen LogP contribution in [-0.2, 0) is 23.7 Å². The first-order chi connectivity index (χ1) is 29.9. The summed E-state index contributed by atoms with van der Waals surface area (Å²) in [5.41, 5.74) is 0.101. The molecule has 0 bridgehead atoms. The Kier molecular flexibility index (Phi) is 36.6. The number of likely N-dealkylation sites (N-methyl/N-ethyl adjacent to an activating group) is 1. The van der Waals surface area contributed by atoms with Crippen LogP contribution in [0.1, 0.15) is 189 Å². The summed E-state index contributed by atoms with van der Waals surface area (Å²) in [6.07, 6.45) is 12.9. The highest BCUT2D eigenvalue weighted by molar-refractivity contribution is 4.76. The van der Waals surface area contributed by atoms with Gasteiger partial charge in [-0.15, -0.1) is 0 Å². The SMILES string of the molecule is CCN(CC)CCCOC(C)(C)C.CCN1CCCC(COC(C)(C)C)C1.CN(C)CCCCOC(C)(C)C.CN1CCCC(COC(C)(C)C)C1.CN1CCCCC1COC(C)(C)C. The topological polar surface area (TPSA) is 62.3 Å². The fourth-order valence-electron chi connectivity index (χ4n) is 7.54. The van der Waals surface area contributed by atoms with E-state index < -0.39 is 0 Å². The van der Waals surface area contributed by atoms with Crippen molar-refractivity contribution in [1.29, 1.82) is 0 Å². The molecule has 0 amide bonds. The van der Waals surface area contributed by atoms with Gasteiger partial charge in [-0.2, -0.15) is 0 Å². The molecule has 0 saturated carbocycles. The van der Waals surface area contributed by atoms with E-state index in [0.717, 1.165) is 83.9 Å². The van der Waals surface area contributed by atoms with E-state index in [0.29, 0.717) is 6.04 Å². The average Bonchev–Trinajstić information content (AvgIpc) is 3.18. The van der Waals surface area contributed by atoms with Crippen molar-refractivity contribution in [2.45, 2.75) is 223 Å². The van der Waals surface area contributed by atoms with Gasteiger partial charge in [-0.25, -0.2) is 0 Å². The molecule has 0 spiro atoms. The lowest BCUT2D eigenvalue weighted by atomic mass is 9.99. The monoisotopic (exact) mass is 930 g/mol. The van der Waals surface area contributed by atoms with Crippen LogP contribution in [0.5, 0.6) is 0 Å². The van der Waals surface area contributed by atoms with Gasteiger partial charge in [0.1, 0.15) is 0 Å². The number of nitrogens with zero attached hydrogens (tertiary/aromatic N) is 5. The van der Waals surface area contributed by atoms with Gasteiger partial charge in [0.05, 0.1) is 47.8 Å². The molecule has 0 aromatic rings. The summed E-state index contributed by atoms with van der Waals surface area (Å²) in [5, 5.41) is 0. The third kappa shape index (κ3) is 47.1. The van der Waals surface area contributed by atoms with E-state index in [1.54, 1.807) is 0 Å². The maximum atomic E-state index is 5.83. The molecule has 0 aromatic carbocycles. The van der Waals surface area contributed by atoms with Crippen molar-refractivity contribution in [1.82, 2.24) is 24.5 Å². The van der Waals surface area contributed by atoms with Gasteiger partial charge < -0.3 is 48.2 Å². The van der Waals surface area contributed by atoms with Crippen molar-refractivity contribution in [3.05, 3.63) is 0 Å². The predicted molar refractivity (Wildman–Crippen MR) is 284 cm³/mol. The highest BCUT2D eigenvalue weighted by Crippen LogP contribution is 2.21. The number of piperidine rings is 3. The number of hydrogen-bond acceptors (Lipinski definition) is 10. The van der Waals surface area contributed by atoms with Crippen LogP contribution >= 0.6 is 0 Å². The summed E-state index contributed by atoms with van der Waals surface area (Å²) in [4.78, 5) is 12.0. The average molecular weight is 931 g/mol. The maximum absolute atomic E-state index is 5.83. The molecule has 0 radical (unpaired) electrons. The van der Waals surface area contributed by atoms with Gasteiger partial charge in [0.15, 0.2) is 0 Å². The Labute approximate surface area is 408 Å². The number of rotatable bonds is 18. The second kappa shape index (κ2) is 35.7.